The average Bonchev–Trinajstić information content (AvgIpc) is 2.96. The molecular formula is C18H26BrIN4O2S. The number of aromatic nitrogens is 1. The van der Waals surface area contributed by atoms with Crippen molar-refractivity contribution < 1.29 is 9.47 Å². The van der Waals surface area contributed by atoms with Crippen LogP contribution >= 0.6 is 51.2 Å². The lowest BCUT2D eigenvalue weighted by molar-refractivity contribution is 0.354. The number of nitrogens with zero attached hydrogens (tertiary/aromatic N) is 2. The predicted octanol–water partition coefficient (Wildman–Crippen LogP) is 4.07. The summed E-state index contributed by atoms with van der Waals surface area (Å²) in [5.74, 6) is 2.14. The Bertz CT molecular complexity index is 763. The number of aryl methyl sites for hydroxylation is 2. The fraction of sp³-hybridized carbons (Fsp3) is 0.444. The first kappa shape index (κ1) is 24.0. The van der Waals surface area contributed by atoms with Gasteiger partial charge in [-0.1, -0.05) is 15.9 Å². The first-order chi connectivity index (χ1) is 12.5. The van der Waals surface area contributed by atoms with Gasteiger partial charge in [0.15, 0.2) is 17.5 Å². The number of rotatable bonds is 7. The standard InChI is InChI=1S/C18H25BrN4O2S.HI/c1-11-12(2)26-17(23-11)6-7-21-18(20-3)22-10-13-8-15(24-4)16(25-5)9-14(13)19;/h8-9H,6-7,10H2,1-5H3,(H2,20,21,22);1H. The van der Waals surface area contributed by atoms with E-state index in [4.69, 9.17) is 9.47 Å². The number of hydrogen-bond acceptors (Lipinski definition) is 5. The quantitative estimate of drug-likeness (QED) is 0.299. The fourth-order valence-electron chi connectivity index (χ4n) is 2.37. The van der Waals surface area contributed by atoms with Crippen LogP contribution < -0.4 is 20.1 Å². The molecule has 0 radical (unpaired) electrons. The van der Waals surface area contributed by atoms with Crippen molar-refractivity contribution in [3.05, 3.63) is 37.7 Å². The molecule has 0 saturated carbocycles. The van der Waals surface area contributed by atoms with Crippen LogP contribution in [0, 0.1) is 13.8 Å². The predicted molar refractivity (Wildman–Crippen MR) is 126 cm³/mol. The molecular weight excluding hydrogens is 543 g/mol. The molecule has 0 saturated heterocycles. The minimum Gasteiger partial charge on any atom is -0.493 e. The van der Waals surface area contributed by atoms with E-state index < -0.39 is 0 Å². The first-order valence-electron chi connectivity index (χ1n) is 8.26. The van der Waals surface area contributed by atoms with Crippen LogP contribution in [-0.4, -0.2) is 38.8 Å². The average molecular weight is 569 g/mol. The van der Waals surface area contributed by atoms with Crippen molar-refractivity contribution in [3.63, 3.8) is 0 Å². The summed E-state index contributed by atoms with van der Waals surface area (Å²) in [5, 5.41) is 7.78. The van der Waals surface area contributed by atoms with Gasteiger partial charge in [-0.25, -0.2) is 4.98 Å². The normalized spacial score (nSPS) is 11.0. The third kappa shape index (κ3) is 6.79. The lowest BCUT2D eigenvalue weighted by Gasteiger charge is -2.14. The van der Waals surface area contributed by atoms with E-state index in [-0.39, 0.29) is 24.0 Å². The number of benzene rings is 1. The summed E-state index contributed by atoms with van der Waals surface area (Å²) in [7, 11) is 5.02. The second-order valence-corrected chi connectivity index (χ2v) is 7.79. The van der Waals surface area contributed by atoms with Crippen molar-refractivity contribution in [1.82, 2.24) is 15.6 Å². The lowest BCUT2D eigenvalue weighted by atomic mass is 10.2. The second-order valence-electron chi connectivity index (χ2n) is 5.65. The van der Waals surface area contributed by atoms with Gasteiger partial charge in [-0.05, 0) is 31.5 Å². The number of nitrogens with one attached hydrogen (secondary N) is 2. The van der Waals surface area contributed by atoms with Crippen LogP contribution in [0.5, 0.6) is 11.5 Å². The Morgan fingerprint density at radius 2 is 1.85 bits per heavy atom. The van der Waals surface area contributed by atoms with Crippen LogP contribution in [0.15, 0.2) is 21.6 Å². The van der Waals surface area contributed by atoms with E-state index >= 15 is 0 Å². The van der Waals surface area contributed by atoms with Crippen molar-refractivity contribution in [2.45, 2.75) is 26.8 Å². The Morgan fingerprint density at radius 3 is 2.41 bits per heavy atom. The van der Waals surface area contributed by atoms with Gasteiger partial charge >= 0.3 is 0 Å². The SMILES string of the molecule is CN=C(NCCc1nc(C)c(C)s1)NCc1cc(OC)c(OC)cc1Br.I. The zero-order valence-corrected chi connectivity index (χ0v) is 20.9. The first-order valence-corrected chi connectivity index (χ1v) is 9.87. The number of thiazole rings is 1. The monoisotopic (exact) mass is 568 g/mol. The third-order valence-corrected chi connectivity index (χ3v) is 5.80. The molecule has 9 heteroatoms. The van der Waals surface area contributed by atoms with Gasteiger partial charge in [0, 0.05) is 35.9 Å². The van der Waals surface area contributed by atoms with Crippen LogP contribution in [0.4, 0.5) is 0 Å². The topological polar surface area (TPSA) is 67.8 Å². The highest BCUT2D eigenvalue weighted by molar-refractivity contribution is 14.0. The van der Waals surface area contributed by atoms with Crippen molar-refractivity contribution in [2.75, 3.05) is 27.8 Å². The van der Waals surface area contributed by atoms with E-state index in [1.54, 1.807) is 32.6 Å². The van der Waals surface area contributed by atoms with Crippen LogP contribution in [0.3, 0.4) is 0 Å². The second kappa shape index (κ2) is 11.7. The lowest BCUT2D eigenvalue weighted by Crippen LogP contribution is -2.37. The van der Waals surface area contributed by atoms with E-state index in [0.717, 1.165) is 39.7 Å². The number of methoxy groups -OCH3 is 2. The van der Waals surface area contributed by atoms with Gasteiger partial charge in [-0.15, -0.1) is 35.3 Å². The molecule has 1 aromatic carbocycles. The zero-order chi connectivity index (χ0) is 19.1. The highest BCUT2D eigenvalue weighted by Crippen LogP contribution is 2.33. The summed E-state index contributed by atoms with van der Waals surface area (Å²) in [6, 6.07) is 3.85. The van der Waals surface area contributed by atoms with E-state index in [1.807, 2.05) is 19.1 Å². The highest BCUT2D eigenvalue weighted by atomic mass is 127. The summed E-state index contributed by atoms with van der Waals surface area (Å²) >= 11 is 5.32. The molecule has 2 N–H and O–H groups in total. The molecule has 0 amide bonds. The van der Waals surface area contributed by atoms with Gasteiger partial charge in [0.2, 0.25) is 0 Å². The van der Waals surface area contributed by atoms with E-state index in [2.05, 4.69) is 43.5 Å². The molecule has 0 atom stereocenters. The van der Waals surface area contributed by atoms with Crippen LogP contribution in [-0.2, 0) is 13.0 Å². The number of ether oxygens (including phenoxy) is 2. The highest BCUT2D eigenvalue weighted by Gasteiger charge is 2.10. The van der Waals surface area contributed by atoms with Crippen molar-refractivity contribution in [2.24, 2.45) is 4.99 Å². The largest absolute Gasteiger partial charge is 0.493 e. The Kier molecular flexibility index (Phi) is 10.4. The molecule has 1 aromatic heterocycles. The van der Waals surface area contributed by atoms with E-state index in [9.17, 15) is 0 Å². The number of guanidine groups is 1. The Morgan fingerprint density at radius 1 is 1.19 bits per heavy atom. The summed E-state index contributed by atoms with van der Waals surface area (Å²) in [6.45, 7) is 5.53. The molecule has 0 bridgehead atoms. The molecule has 0 aliphatic carbocycles. The van der Waals surface area contributed by atoms with Crippen molar-refractivity contribution in [3.8, 4) is 11.5 Å². The Balaban J connectivity index is 0.00000364. The smallest absolute Gasteiger partial charge is 0.191 e. The minimum atomic E-state index is 0. The zero-order valence-electron chi connectivity index (χ0n) is 16.2. The van der Waals surface area contributed by atoms with Gasteiger partial charge < -0.3 is 20.1 Å². The molecule has 0 fully saturated rings. The molecule has 27 heavy (non-hydrogen) atoms. The molecule has 0 aliphatic heterocycles. The summed E-state index contributed by atoms with van der Waals surface area (Å²) < 4.78 is 11.6. The molecule has 6 nitrogen and oxygen atoms in total. The Hall–Kier alpha value is -1.07. The maximum absolute atomic E-state index is 5.37. The number of halogens is 2. The van der Waals surface area contributed by atoms with Crippen molar-refractivity contribution in [1.29, 1.82) is 0 Å². The van der Waals surface area contributed by atoms with Crippen LogP contribution in [0.1, 0.15) is 21.1 Å². The third-order valence-electron chi connectivity index (χ3n) is 3.93. The molecule has 0 unspecified atom stereocenters. The molecule has 2 rings (SSSR count). The maximum Gasteiger partial charge on any atom is 0.191 e. The van der Waals surface area contributed by atoms with E-state index in [1.165, 1.54) is 4.88 Å². The van der Waals surface area contributed by atoms with Gasteiger partial charge in [0.25, 0.3) is 0 Å². The van der Waals surface area contributed by atoms with Crippen molar-refractivity contribution >= 4 is 57.2 Å². The van der Waals surface area contributed by atoms with Gasteiger partial charge in [0.05, 0.1) is 24.9 Å². The molecule has 0 aliphatic rings. The summed E-state index contributed by atoms with van der Waals surface area (Å²) in [6.07, 6.45) is 0.875. The van der Waals surface area contributed by atoms with Crippen LogP contribution in [0.2, 0.25) is 0 Å². The molecule has 150 valence electrons. The van der Waals surface area contributed by atoms with Gasteiger partial charge in [0.1, 0.15) is 0 Å². The van der Waals surface area contributed by atoms with Crippen LogP contribution in [0.25, 0.3) is 0 Å². The summed E-state index contributed by atoms with van der Waals surface area (Å²) in [5.41, 5.74) is 2.17. The molecule has 2 aromatic rings. The molecule has 0 spiro atoms. The van der Waals surface area contributed by atoms with E-state index in [0.29, 0.717) is 18.0 Å². The number of hydrogen-bond donors (Lipinski definition) is 2. The maximum atomic E-state index is 5.37. The number of aliphatic imine (C=N–C) groups is 1. The fourth-order valence-corrected chi connectivity index (χ4v) is 3.76. The summed E-state index contributed by atoms with van der Waals surface area (Å²) in [4.78, 5) is 10.1. The Labute approximate surface area is 190 Å². The van der Waals surface area contributed by atoms with Gasteiger partial charge in [-0.3, -0.25) is 4.99 Å². The van der Waals surface area contributed by atoms with Gasteiger partial charge in [-0.2, -0.15) is 0 Å². The minimum absolute atomic E-state index is 0. The molecule has 1 heterocycles.